The van der Waals surface area contributed by atoms with Crippen LogP contribution >= 0.6 is 7.26 Å². The number of ether oxygens (including phenoxy) is 2. The highest BCUT2D eigenvalue weighted by Gasteiger charge is 2.60. The maximum atomic E-state index is 12.9. The smallest absolute Gasteiger partial charge is 0.430 e. The van der Waals surface area contributed by atoms with Crippen LogP contribution in [-0.4, -0.2) is 40.5 Å². The molecule has 2 N–H and O–H groups in total. The molecular formula is C18H23F3N2O3P+. The van der Waals surface area contributed by atoms with Gasteiger partial charge in [0.1, 0.15) is 5.60 Å². The number of alkyl halides is 3. The summed E-state index contributed by atoms with van der Waals surface area (Å²) in [7, 11) is -2.30. The van der Waals surface area contributed by atoms with Crippen LogP contribution in [0.5, 0.6) is 5.88 Å². The quantitative estimate of drug-likeness (QED) is 0.736. The van der Waals surface area contributed by atoms with Gasteiger partial charge in [-0.15, -0.1) is 13.2 Å². The molecule has 0 aliphatic carbocycles. The lowest BCUT2D eigenvalue weighted by Gasteiger charge is -2.44. The molecule has 3 aliphatic heterocycles. The predicted molar refractivity (Wildman–Crippen MR) is 97.9 cm³/mol. The second-order valence-corrected chi connectivity index (χ2v) is 11.7. The van der Waals surface area contributed by atoms with Gasteiger partial charge in [0.05, 0.1) is 23.7 Å². The maximum absolute atomic E-state index is 12.9. The van der Waals surface area contributed by atoms with E-state index in [9.17, 15) is 18.0 Å². The SMILES string of the molecule is CC(C)(C)OC(=O)[P+]12C=C(c3cccnc3OC(F)(F)F)C(N)(CC1)CC2. The molecule has 9 heteroatoms. The molecule has 27 heavy (non-hydrogen) atoms. The molecule has 148 valence electrons. The van der Waals surface area contributed by atoms with Gasteiger partial charge in [0, 0.05) is 30.2 Å². The Labute approximate surface area is 156 Å². The van der Waals surface area contributed by atoms with Crippen molar-refractivity contribution >= 4 is 18.5 Å². The monoisotopic (exact) mass is 403 g/mol. The first-order chi connectivity index (χ1) is 12.3. The van der Waals surface area contributed by atoms with Crippen molar-refractivity contribution < 1.29 is 27.4 Å². The van der Waals surface area contributed by atoms with E-state index < -0.39 is 30.6 Å². The van der Waals surface area contributed by atoms with Gasteiger partial charge in [0.2, 0.25) is 5.88 Å². The molecule has 0 saturated carbocycles. The van der Waals surface area contributed by atoms with Crippen molar-refractivity contribution in [1.29, 1.82) is 0 Å². The molecule has 4 heterocycles. The van der Waals surface area contributed by atoms with E-state index in [-0.39, 0.29) is 11.3 Å². The van der Waals surface area contributed by atoms with Gasteiger partial charge < -0.3 is 15.2 Å². The molecular weight excluding hydrogens is 380 g/mol. The highest BCUT2D eigenvalue weighted by Crippen LogP contribution is 2.72. The number of nitrogens with zero attached hydrogens (tertiary/aromatic N) is 1. The summed E-state index contributed by atoms with van der Waals surface area (Å²) in [4.78, 5) is 16.6. The fraction of sp³-hybridized carbons (Fsp3) is 0.556. The van der Waals surface area contributed by atoms with E-state index in [0.29, 0.717) is 30.7 Å². The van der Waals surface area contributed by atoms with Gasteiger partial charge in [-0.1, -0.05) is 0 Å². The molecule has 0 unspecified atom stereocenters. The van der Waals surface area contributed by atoms with Gasteiger partial charge in [-0.3, -0.25) is 0 Å². The maximum Gasteiger partial charge on any atom is 0.574 e. The fourth-order valence-corrected chi connectivity index (χ4v) is 7.42. The number of hydrogen-bond acceptors (Lipinski definition) is 5. The van der Waals surface area contributed by atoms with Crippen LogP contribution in [0.25, 0.3) is 5.57 Å². The van der Waals surface area contributed by atoms with Gasteiger partial charge >= 0.3 is 12.1 Å². The topological polar surface area (TPSA) is 74.4 Å². The number of fused-ring (bicyclic) bond motifs is 2. The van der Waals surface area contributed by atoms with E-state index in [4.69, 9.17) is 10.5 Å². The summed E-state index contributed by atoms with van der Waals surface area (Å²) >= 11 is 0. The van der Waals surface area contributed by atoms with Crippen molar-refractivity contribution in [1.82, 2.24) is 4.98 Å². The average molecular weight is 403 g/mol. The Hall–Kier alpha value is -1.66. The second kappa shape index (κ2) is 6.45. The third kappa shape index (κ3) is 4.11. The number of carbonyl (C=O) groups excluding carboxylic acids is 1. The second-order valence-electron chi connectivity index (χ2n) is 8.06. The number of hydrogen-bond donors (Lipinski definition) is 1. The highest BCUT2D eigenvalue weighted by atomic mass is 31.2. The molecule has 4 rings (SSSR count). The van der Waals surface area contributed by atoms with Crippen molar-refractivity contribution in [2.24, 2.45) is 5.73 Å². The number of carbonyl (C=O) groups is 1. The number of aromatic nitrogens is 1. The van der Waals surface area contributed by atoms with Crippen LogP contribution in [0, 0.1) is 0 Å². The Bertz CT molecular complexity index is 779. The summed E-state index contributed by atoms with van der Waals surface area (Å²) in [5, 5.41) is 0. The summed E-state index contributed by atoms with van der Waals surface area (Å²) < 4.78 is 48.1. The van der Waals surface area contributed by atoms with Crippen LogP contribution in [-0.2, 0) is 4.74 Å². The number of nitrogens with two attached hydrogens (primary N) is 1. The minimum Gasteiger partial charge on any atom is -0.430 e. The molecule has 0 spiro atoms. The van der Waals surface area contributed by atoms with Crippen molar-refractivity contribution in [2.45, 2.75) is 51.1 Å². The van der Waals surface area contributed by atoms with E-state index >= 15 is 0 Å². The van der Waals surface area contributed by atoms with E-state index in [1.54, 1.807) is 26.6 Å². The number of halogens is 3. The average Bonchev–Trinajstić information content (AvgIpc) is 2.53. The fourth-order valence-electron chi connectivity index (χ4n) is 3.52. The van der Waals surface area contributed by atoms with Crippen molar-refractivity contribution in [2.75, 3.05) is 12.3 Å². The van der Waals surface area contributed by atoms with Crippen molar-refractivity contribution in [3.63, 3.8) is 0 Å². The lowest BCUT2D eigenvalue weighted by Crippen LogP contribution is -2.50. The molecule has 5 nitrogen and oxygen atoms in total. The standard InChI is InChI=1S/C18H23F3N2O3P/c1-16(2,3)26-15(24)27-9-6-17(22,7-10-27)13(11-27)12-5-4-8-23-14(12)25-18(19,20)21/h4-5,8,11H,6-7,9-10,22H2,1-3H3/q+1. The van der Waals surface area contributed by atoms with Crippen LogP contribution in [0.1, 0.15) is 39.2 Å². The molecule has 0 aromatic carbocycles. The highest BCUT2D eigenvalue weighted by molar-refractivity contribution is 7.93. The molecule has 3 aliphatic rings. The van der Waals surface area contributed by atoms with E-state index in [1.807, 2.05) is 0 Å². The summed E-state index contributed by atoms with van der Waals surface area (Å²) in [5.41, 5.74) is 5.52. The first-order valence-corrected chi connectivity index (χ1v) is 10.9. The van der Waals surface area contributed by atoms with Crippen LogP contribution < -0.4 is 10.5 Å². The van der Waals surface area contributed by atoms with Crippen molar-refractivity contribution in [3.8, 4) is 5.88 Å². The third-order valence-corrected chi connectivity index (χ3v) is 8.47. The number of pyridine rings is 1. The molecule has 0 amide bonds. The summed E-state index contributed by atoms with van der Waals surface area (Å²) in [5.74, 6) is 1.24. The van der Waals surface area contributed by atoms with Gasteiger partial charge in [0.15, 0.2) is 7.26 Å². The van der Waals surface area contributed by atoms with E-state index in [2.05, 4.69) is 9.72 Å². The molecule has 1 saturated heterocycles. The Morgan fingerprint density at radius 3 is 2.44 bits per heavy atom. The van der Waals surface area contributed by atoms with Crippen molar-refractivity contribution in [3.05, 3.63) is 29.7 Å². The lowest BCUT2D eigenvalue weighted by atomic mass is 9.82. The molecule has 0 atom stereocenters. The molecule has 1 fully saturated rings. The molecule has 1 aromatic rings. The Morgan fingerprint density at radius 1 is 1.26 bits per heavy atom. The molecule has 2 bridgehead atoms. The van der Waals surface area contributed by atoms with Gasteiger partial charge in [-0.2, -0.15) is 0 Å². The normalized spacial score (nSPS) is 27.9. The zero-order valence-electron chi connectivity index (χ0n) is 15.5. The largest absolute Gasteiger partial charge is 0.574 e. The predicted octanol–water partition coefficient (Wildman–Crippen LogP) is 4.78. The zero-order valence-corrected chi connectivity index (χ0v) is 16.4. The van der Waals surface area contributed by atoms with Crippen LogP contribution in [0.3, 0.4) is 0 Å². The van der Waals surface area contributed by atoms with Gasteiger partial charge in [0.25, 0.3) is 0 Å². The molecule has 0 radical (unpaired) electrons. The van der Waals surface area contributed by atoms with Crippen LogP contribution in [0.2, 0.25) is 0 Å². The summed E-state index contributed by atoms with van der Waals surface area (Å²) in [6.45, 7) is 5.39. The molecule has 1 aromatic heterocycles. The lowest BCUT2D eigenvalue weighted by molar-refractivity contribution is -0.276. The minimum atomic E-state index is -4.86. The van der Waals surface area contributed by atoms with Gasteiger partial charge in [-0.05, 0) is 32.9 Å². The zero-order chi connectivity index (χ0) is 20.1. The Kier molecular flexibility index (Phi) is 4.80. The Morgan fingerprint density at radius 2 is 1.89 bits per heavy atom. The summed E-state index contributed by atoms with van der Waals surface area (Å²) in [6, 6.07) is 3.03. The first kappa shape index (κ1) is 20.1. The number of rotatable bonds is 3. The van der Waals surface area contributed by atoms with Crippen LogP contribution in [0.4, 0.5) is 18.0 Å². The third-order valence-electron chi connectivity index (χ3n) is 4.86. The Balaban J connectivity index is 2.05. The first-order valence-electron chi connectivity index (χ1n) is 8.67. The van der Waals surface area contributed by atoms with Gasteiger partial charge in [-0.25, -0.2) is 9.78 Å². The van der Waals surface area contributed by atoms with Crippen LogP contribution in [0.15, 0.2) is 24.1 Å². The van der Waals surface area contributed by atoms with E-state index in [1.165, 1.54) is 18.3 Å². The minimum absolute atomic E-state index is 0.185. The van der Waals surface area contributed by atoms with E-state index in [0.717, 1.165) is 0 Å². The summed E-state index contributed by atoms with van der Waals surface area (Å²) in [6.07, 6.45) is -1.38.